The molecule has 2 aromatic carbocycles. The molecule has 3 aromatic rings. The summed E-state index contributed by atoms with van der Waals surface area (Å²) < 4.78 is 10.4. The number of nitriles is 1. The van der Waals surface area contributed by atoms with Gasteiger partial charge in [0.1, 0.15) is 29.3 Å². The Bertz CT molecular complexity index is 1030. The molecular weight excluding hydrogens is 358 g/mol. The molecule has 28 heavy (non-hydrogen) atoms. The van der Waals surface area contributed by atoms with Crippen LogP contribution in [0.4, 0.5) is 17.2 Å². The van der Waals surface area contributed by atoms with Gasteiger partial charge >= 0.3 is 0 Å². The molecule has 8 heteroatoms. The lowest BCUT2D eigenvalue weighted by Crippen LogP contribution is -2.15. The molecule has 0 fully saturated rings. The minimum Gasteiger partial charge on any atom is -0.497 e. The Kier molecular flexibility index (Phi) is 5.67. The summed E-state index contributed by atoms with van der Waals surface area (Å²) in [5.41, 5.74) is 1.97. The van der Waals surface area contributed by atoms with E-state index in [0.717, 1.165) is 5.69 Å². The second-order valence-electron chi connectivity index (χ2n) is 5.62. The van der Waals surface area contributed by atoms with E-state index in [1.54, 1.807) is 49.6 Å². The molecule has 0 unspecified atom stereocenters. The highest BCUT2D eigenvalue weighted by molar-refractivity contribution is 6.04. The van der Waals surface area contributed by atoms with Crippen LogP contribution in [0, 0.1) is 11.3 Å². The van der Waals surface area contributed by atoms with Gasteiger partial charge in [0, 0.05) is 17.8 Å². The molecular formula is C20H17N5O3. The zero-order valence-corrected chi connectivity index (χ0v) is 15.3. The van der Waals surface area contributed by atoms with Gasteiger partial charge in [0.25, 0.3) is 5.91 Å². The summed E-state index contributed by atoms with van der Waals surface area (Å²) in [6, 6.07) is 15.5. The molecule has 0 aliphatic heterocycles. The zero-order valence-electron chi connectivity index (χ0n) is 15.3. The first-order chi connectivity index (χ1) is 13.6. The fourth-order valence-electron chi connectivity index (χ4n) is 2.41. The number of carbonyl (C=O) groups excluding carboxylic acids is 1. The van der Waals surface area contributed by atoms with Crippen LogP contribution in [-0.2, 0) is 0 Å². The topological polar surface area (TPSA) is 109 Å². The van der Waals surface area contributed by atoms with Crippen molar-refractivity contribution in [3.05, 3.63) is 66.1 Å². The minimum absolute atomic E-state index is 0.184. The lowest BCUT2D eigenvalue weighted by atomic mass is 10.2. The summed E-state index contributed by atoms with van der Waals surface area (Å²) in [5, 5.41) is 14.7. The summed E-state index contributed by atoms with van der Waals surface area (Å²) in [4.78, 5) is 20.7. The van der Waals surface area contributed by atoms with Crippen LogP contribution in [0.3, 0.4) is 0 Å². The highest BCUT2D eigenvalue weighted by atomic mass is 16.5. The SMILES string of the molecule is COc1ccc(NC(=O)c2cc(Nc3ccc(C#N)cc3)ncn2)c(OC)c1. The number of aromatic nitrogens is 2. The molecule has 0 bridgehead atoms. The summed E-state index contributed by atoms with van der Waals surface area (Å²) in [5.74, 6) is 1.13. The maximum absolute atomic E-state index is 12.6. The largest absolute Gasteiger partial charge is 0.497 e. The Morgan fingerprint density at radius 1 is 1.04 bits per heavy atom. The normalized spacial score (nSPS) is 9.89. The van der Waals surface area contributed by atoms with Crippen molar-refractivity contribution in [2.75, 3.05) is 24.9 Å². The van der Waals surface area contributed by atoms with E-state index >= 15 is 0 Å². The van der Waals surface area contributed by atoms with E-state index in [4.69, 9.17) is 14.7 Å². The number of amides is 1. The van der Waals surface area contributed by atoms with E-state index in [-0.39, 0.29) is 5.69 Å². The van der Waals surface area contributed by atoms with Crippen LogP contribution >= 0.6 is 0 Å². The van der Waals surface area contributed by atoms with Crippen LogP contribution < -0.4 is 20.1 Å². The van der Waals surface area contributed by atoms with Crippen molar-refractivity contribution < 1.29 is 14.3 Å². The molecule has 1 aromatic heterocycles. The van der Waals surface area contributed by atoms with Gasteiger partial charge in [-0.25, -0.2) is 9.97 Å². The molecule has 1 amide bonds. The smallest absolute Gasteiger partial charge is 0.274 e. The van der Waals surface area contributed by atoms with Crippen molar-refractivity contribution in [2.45, 2.75) is 0 Å². The van der Waals surface area contributed by atoms with Crippen LogP contribution in [0.5, 0.6) is 11.5 Å². The molecule has 0 radical (unpaired) electrons. The number of nitrogens with one attached hydrogen (secondary N) is 2. The van der Waals surface area contributed by atoms with Crippen LogP contribution in [0.15, 0.2) is 54.9 Å². The lowest BCUT2D eigenvalue weighted by Gasteiger charge is -2.12. The van der Waals surface area contributed by atoms with Crippen molar-refractivity contribution in [2.24, 2.45) is 0 Å². The van der Waals surface area contributed by atoms with Crippen molar-refractivity contribution in [1.29, 1.82) is 5.26 Å². The average molecular weight is 375 g/mol. The maximum atomic E-state index is 12.6. The minimum atomic E-state index is -0.409. The summed E-state index contributed by atoms with van der Waals surface area (Å²) >= 11 is 0. The number of rotatable bonds is 6. The number of hydrogen-bond acceptors (Lipinski definition) is 7. The predicted octanol–water partition coefficient (Wildman–Crippen LogP) is 3.36. The van der Waals surface area contributed by atoms with Crippen molar-refractivity contribution in [3.63, 3.8) is 0 Å². The lowest BCUT2D eigenvalue weighted by molar-refractivity contribution is 0.102. The Morgan fingerprint density at radius 2 is 1.82 bits per heavy atom. The average Bonchev–Trinajstić information content (AvgIpc) is 2.74. The number of ether oxygens (including phenoxy) is 2. The fraction of sp³-hybridized carbons (Fsp3) is 0.100. The molecule has 140 valence electrons. The number of methoxy groups -OCH3 is 2. The molecule has 2 N–H and O–H groups in total. The Balaban J connectivity index is 1.76. The van der Waals surface area contributed by atoms with Crippen molar-refractivity contribution in [1.82, 2.24) is 9.97 Å². The quantitative estimate of drug-likeness (QED) is 0.680. The van der Waals surface area contributed by atoms with E-state index in [0.29, 0.717) is 28.6 Å². The number of hydrogen-bond donors (Lipinski definition) is 2. The fourth-order valence-corrected chi connectivity index (χ4v) is 2.41. The summed E-state index contributed by atoms with van der Waals surface area (Å²) in [7, 11) is 3.06. The second kappa shape index (κ2) is 8.51. The molecule has 3 rings (SSSR count). The highest BCUT2D eigenvalue weighted by Crippen LogP contribution is 2.29. The van der Waals surface area contributed by atoms with Gasteiger partial charge in [-0.05, 0) is 36.4 Å². The second-order valence-corrected chi connectivity index (χ2v) is 5.62. The first-order valence-corrected chi connectivity index (χ1v) is 8.25. The van der Waals surface area contributed by atoms with E-state index in [1.165, 1.54) is 19.5 Å². The third-order valence-corrected chi connectivity index (χ3v) is 3.84. The van der Waals surface area contributed by atoms with Crippen LogP contribution in [-0.4, -0.2) is 30.1 Å². The number of nitrogens with zero attached hydrogens (tertiary/aromatic N) is 3. The van der Waals surface area contributed by atoms with E-state index in [2.05, 4.69) is 26.7 Å². The van der Waals surface area contributed by atoms with Gasteiger partial charge in [0.05, 0.1) is 31.5 Å². The van der Waals surface area contributed by atoms with Crippen molar-refractivity contribution >= 4 is 23.1 Å². The van der Waals surface area contributed by atoms with Gasteiger partial charge in [0.15, 0.2) is 0 Å². The van der Waals surface area contributed by atoms with E-state index in [9.17, 15) is 4.79 Å². The molecule has 8 nitrogen and oxygen atoms in total. The van der Waals surface area contributed by atoms with Crippen LogP contribution in [0.25, 0.3) is 0 Å². The molecule has 0 saturated heterocycles. The molecule has 0 spiro atoms. The van der Waals surface area contributed by atoms with Gasteiger partial charge in [0.2, 0.25) is 0 Å². The number of benzene rings is 2. The van der Waals surface area contributed by atoms with E-state index in [1.807, 2.05) is 0 Å². The van der Waals surface area contributed by atoms with Crippen LogP contribution in [0.1, 0.15) is 16.1 Å². The molecule has 0 atom stereocenters. The Labute approximate surface area is 161 Å². The number of carbonyl (C=O) groups is 1. The standard InChI is InChI=1S/C20H17N5O3/c1-27-15-7-8-16(18(9-15)28-2)25-20(26)17-10-19(23-12-22-17)24-14-5-3-13(11-21)4-6-14/h3-10,12H,1-2H3,(H,25,26)(H,22,23,24). The van der Waals surface area contributed by atoms with Crippen molar-refractivity contribution in [3.8, 4) is 17.6 Å². The molecule has 1 heterocycles. The summed E-state index contributed by atoms with van der Waals surface area (Å²) in [6.07, 6.45) is 1.30. The monoisotopic (exact) mass is 375 g/mol. The summed E-state index contributed by atoms with van der Waals surface area (Å²) in [6.45, 7) is 0. The first-order valence-electron chi connectivity index (χ1n) is 8.25. The van der Waals surface area contributed by atoms with Gasteiger partial charge < -0.3 is 20.1 Å². The van der Waals surface area contributed by atoms with E-state index < -0.39 is 5.91 Å². The number of anilines is 3. The molecule has 0 saturated carbocycles. The van der Waals surface area contributed by atoms with Gasteiger partial charge in [-0.3, -0.25) is 4.79 Å². The maximum Gasteiger partial charge on any atom is 0.274 e. The van der Waals surface area contributed by atoms with Gasteiger partial charge in [-0.2, -0.15) is 5.26 Å². The third-order valence-electron chi connectivity index (χ3n) is 3.84. The zero-order chi connectivity index (χ0) is 19.9. The Hall–Kier alpha value is -4.12. The first kappa shape index (κ1) is 18.7. The third kappa shape index (κ3) is 4.34. The van der Waals surface area contributed by atoms with Gasteiger partial charge in [-0.15, -0.1) is 0 Å². The molecule has 0 aliphatic rings. The predicted molar refractivity (Wildman–Crippen MR) is 104 cm³/mol. The van der Waals surface area contributed by atoms with Gasteiger partial charge in [-0.1, -0.05) is 0 Å². The Morgan fingerprint density at radius 3 is 2.50 bits per heavy atom. The van der Waals surface area contributed by atoms with Crippen LogP contribution in [0.2, 0.25) is 0 Å². The highest BCUT2D eigenvalue weighted by Gasteiger charge is 2.13. The molecule has 0 aliphatic carbocycles.